The highest BCUT2D eigenvalue weighted by Gasteiger charge is 2.22. The first-order chi connectivity index (χ1) is 12.5. The van der Waals surface area contributed by atoms with Crippen LogP contribution in [0.3, 0.4) is 0 Å². The number of halogens is 1. The van der Waals surface area contributed by atoms with Gasteiger partial charge in [0.15, 0.2) is 0 Å². The molecule has 0 saturated carbocycles. The van der Waals surface area contributed by atoms with E-state index < -0.39 is 0 Å². The summed E-state index contributed by atoms with van der Waals surface area (Å²) in [6.45, 7) is 0.714. The zero-order valence-corrected chi connectivity index (χ0v) is 15.3. The van der Waals surface area contributed by atoms with Crippen molar-refractivity contribution in [3.05, 3.63) is 47.0 Å². The summed E-state index contributed by atoms with van der Waals surface area (Å²) in [6.07, 6.45) is 1.43. The SMILES string of the molecule is COc1cc(OC)c(NC(=O)c2ccc(N3CCCC3=O)cc2)cc1Cl. The predicted octanol–water partition coefficient (Wildman–Crippen LogP) is 3.74. The fourth-order valence-corrected chi connectivity index (χ4v) is 3.11. The van der Waals surface area contributed by atoms with E-state index in [0.717, 1.165) is 12.1 Å². The summed E-state index contributed by atoms with van der Waals surface area (Å²) in [6, 6.07) is 10.1. The molecule has 2 amide bonds. The van der Waals surface area contributed by atoms with E-state index >= 15 is 0 Å². The summed E-state index contributed by atoms with van der Waals surface area (Å²) < 4.78 is 10.4. The lowest BCUT2D eigenvalue weighted by Gasteiger charge is -2.16. The van der Waals surface area contributed by atoms with Gasteiger partial charge in [-0.1, -0.05) is 11.6 Å². The molecule has 1 aliphatic rings. The van der Waals surface area contributed by atoms with Gasteiger partial charge in [-0.3, -0.25) is 9.59 Å². The number of carbonyl (C=O) groups is 2. The van der Waals surface area contributed by atoms with Gasteiger partial charge in [-0.05, 0) is 36.8 Å². The highest BCUT2D eigenvalue weighted by molar-refractivity contribution is 6.32. The van der Waals surface area contributed by atoms with Gasteiger partial charge in [-0.25, -0.2) is 0 Å². The van der Waals surface area contributed by atoms with Gasteiger partial charge in [0.05, 0.1) is 24.9 Å². The van der Waals surface area contributed by atoms with Crippen LogP contribution in [0.5, 0.6) is 11.5 Å². The van der Waals surface area contributed by atoms with E-state index in [1.54, 1.807) is 41.3 Å². The van der Waals surface area contributed by atoms with Crippen molar-refractivity contribution < 1.29 is 19.1 Å². The second-order valence-corrected chi connectivity index (χ2v) is 6.24. The standard InChI is InChI=1S/C19H19ClN2O4/c1-25-16-11-17(26-2)15(10-14(16)20)21-19(24)12-5-7-13(8-6-12)22-9-3-4-18(22)23/h5-8,10-11H,3-4,9H2,1-2H3,(H,21,24). The number of anilines is 2. The quantitative estimate of drug-likeness (QED) is 0.865. The van der Waals surface area contributed by atoms with E-state index in [1.807, 2.05) is 0 Å². The van der Waals surface area contributed by atoms with E-state index in [-0.39, 0.29) is 11.8 Å². The molecule has 136 valence electrons. The van der Waals surface area contributed by atoms with Crippen molar-refractivity contribution in [1.29, 1.82) is 0 Å². The van der Waals surface area contributed by atoms with Crippen molar-refractivity contribution in [2.24, 2.45) is 0 Å². The van der Waals surface area contributed by atoms with E-state index in [0.29, 0.717) is 40.7 Å². The van der Waals surface area contributed by atoms with Crippen molar-refractivity contribution in [2.75, 3.05) is 31.0 Å². The van der Waals surface area contributed by atoms with Crippen LogP contribution in [0.2, 0.25) is 5.02 Å². The molecule has 0 aromatic heterocycles. The number of benzene rings is 2. The molecule has 0 bridgehead atoms. The highest BCUT2D eigenvalue weighted by atomic mass is 35.5. The zero-order valence-electron chi connectivity index (χ0n) is 14.5. The van der Waals surface area contributed by atoms with Crippen molar-refractivity contribution in [3.63, 3.8) is 0 Å². The minimum atomic E-state index is -0.302. The monoisotopic (exact) mass is 374 g/mol. The Kier molecular flexibility index (Phi) is 5.32. The number of amides is 2. The van der Waals surface area contributed by atoms with Crippen molar-refractivity contribution in [1.82, 2.24) is 0 Å². The van der Waals surface area contributed by atoms with E-state index in [2.05, 4.69) is 5.32 Å². The lowest BCUT2D eigenvalue weighted by molar-refractivity contribution is -0.117. The maximum absolute atomic E-state index is 12.5. The number of hydrogen-bond donors (Lipinski definition) is 1. The Hall–Kier alpha value is -2.73. The van der Waals surface area contributed by atoms with Gasteiger partial charge in [0.1, 0.15) is 11.5 Å². The molecule has 1 N–H and O–H groups in total. The normalized spacial score (nSPS) is 13.7. The average Bonchev–Trinajstić information content (AvgIpc) is 3.08. The lowest BCUT2D eigenvalue weighted by atomic mass is 10.1. The minimum Gasteiger partial charge on any atom is -0.495 e. The molecule has 26 heavy (non-hydrogen) atoms. The Morgan fingerprint density at radius 2 is 1.81 bits per heavy atom. The number of nitrogens with one attached hydrogen (secondary N) is 1. The Balaban J connectivity index is 1.78. The maximum Gasteiger partial charge on any atom is 0.255 e. The Labute approximate surface area is 156 Å². The maximum atomic E-state index is 12.5. The van der Waals surface area contributed by atoms with Gasteiger partial charge in [0.25, 0.3) is 5.91 Å². The second-order valence-electron chi connectivity index (χ2n) is 5.84. The van der Waals surface area contributed by atoms with Crippen LogP contribution in [0, 0.1) is 0 Å². The predicted molar refractivity (Wildman–Crippen MR) is 101 cm³/mol. The van der Waals surface area contributed by atoms with Gasteiger partial charge >= 0.3 is 0 Å². The lowest BCUT2D eigenvalue weighted by Crippen LogP contribution is -2.23. The summed E-state index contributed by atoms with van der Waals surface area (Å²) in [7, 11) is 3.01. The van der Waals surface area contributed by atoms with Crippen molar-refractivity contribution in [3.8, 4) is 11.5 Å². The molecule has 3 rings (SSSR count). The number of methoxy groups -OCH3 is 2. The number of carbonyl (C=O) groups excluding carboxylic acids is 2. The molecule has 0 aliphatic carbocycles. The minimum absolute atomic E-state index is 0.111. The smallest absolute Gasteiger partial charge is 0.255 e. The van der Waals surface area contributed by atoms with Gasteiger partial charge in [-0.15, -0.1) is 0 Å². The third kappa shape index (κ3) is 3.60. The van der Waals surface area contributed by atoms with Crippen LogP contribution >= 0.6 is 11.6 Å². The molecule has 0 radical (unpaired) electrons. The Morgan fingerprint density at radius 3 is 2.38 bits per heavy atom. The van der Waals surface area contributed by atoms with Gasteiger partial charge in [0.2, 0.25) is 5.91 Å². The fraction of sp³-hybridized carbons (Fsp3) is 0.263. The molecule has 6 nitrogen and oxygen atoms in total. The van der Waals surface area contributed by atoms with Crippen LogP contribution in [0.15, 0.2) is 36.4 Å². The molecule has 1 aliphatic heterocycles. The first-order valence-corrected chi connectivity index (χ1v) is 8.54. The van der Waals surface area contributed by atoms with Crippen LogP contribution in [0.4, 0.5) is 11.4 Å². The van der Waals surface area contributed by atoms with E-state index in [4.69, 9.17) is 21.1 Å². The molecule has 0 atom stereocenters. The molecule has 2 aromatic carbocycles. The summed E-state index contributed by atoms with van der Waals surface area (Å²) in [5.41, 5.74) is 1.71. The molecule has 1 fully saturated rings. The Morgan fingerprint density at radius 1 is 1.12 bits per heavy atom. The molecular formula is C19H19ClN2O4. The molecule has 1 saturated heterocycles. The summed E-state index contributed by atoms with van der Waals surface area (Å²) >= 11 is 6.13. The molecule has 7 heteroatoms. The zero-order chi connectivity index (χ0) is 18.7. The molecule has 0 spiro atoms. The van der Waals surface area contributed by atoms with E-state index in [1.165, 1.54) is 14.2 Å². The van der Waals surface area contributed by atoms with Gasteiger partial charge < -0.3 is 19.7 Å². The van der Waals surface area contributed by atoms with Crippen LogP contribution in [0.25, 0.3) is 0 Å². The average molecular weight is 375 g/mol. The summed E-state index contributed by atoms with van der Waals surface area (Å²) in [4.78, 5) is 26.1. The van der Waals surface area contributed by atoms with Crippen LogP contribution in [-0.2, 0) is 4.79 Å². The fourth-order valence-electron chi connectivity index (χ4n) is 2.87. The number of nitrogens with zero attached hydrogens (tertiary/aromatic N) is 1. The topological polar surface area (TPSA) is 67.9 Å². The molecule has 2 aromatic rings. The number of rotatable bonds is 5. The van der Waals surface area contributed by atoms with Crippen molar-refractivity contribution in [2.45, 2.75) is 12.8 Å². The highest BCUT2D eigenvalue weighted by Crippen LogP contribution is 2.36. The van der Waals surface area contributed by atoms with Gasteiger partial charge in [-0.2, -0.15) is 0 Å². The largest absolute Gasteiger partial charge is 0.495 e. The number of hydrogen-bond acceptors (Lipinski definition) is 4. The summed E-state index contributed by atoms with van der Waals surface area (Å²) in [5.74, 6) is 0.712. The van der Waals surface area contributed by atoms with E-state index in [9.17, 15) is 9.59 Å². The molecule has 1 heterocycles. The molecular weight excluding hydrogens is 356 g/mol. The number of ether oxygens (including phenoxy) is 2. The molecule has 0 unspecified atom stereocenters. The third-order valence-corrected chi connectivity index (χ3v) is 4.53. The Bertz CT molecular complexity index is 836. The summed E-state index contributed by atoms with van der Waals surface area (Å²) in [5, 5.41) is 3.15. The first kappa shape index (κ1) is 18.1. The van der Waals surface area contributed by atoms with Crippen LogP contribution in [0.1, 0.15) is 23.2 Å². The van der Waals surface area contributed by atoms with Gasteiger partial charge in [0, 0.05) is 30.3 Å². The second kappa shape index (κ2) is 7.66. The van der Waals surface area contributed by atoms with Crippen LogP contribution in [-0.4, -0.2) is 32.6 Å². The van der Waals surface area contributed by atoms with Crippen LogP contribution < -0.4 is 19.7 Å². The first-order valence-electron chi connectivity index (χ1n) is 8.17. The third-order valence-electron chi connectivity index (χ3n) is 4.24. The van der Waals surface area contributed by atoms with Crippen molar-refractivity contribution >= 4 is 34.8 Å².